The lowest BCUT2D eigenvalue weighted by molar-refractivity contribution is 0.414. The third-order valence-electron chi connectivity index (χ3n) is 8.07. The van der Waals surface area contributed by atoms with E-state index in [9.17, 15) is 0 Å². The summed E-state index contributed by atoms with van der Waals surface area (Å²) >= 11 is 0. The van der Waals surface area contributed by atoms with Crippen molar-refractivity contribution in [3.8, 4) is 11.5 Å². The third kappa shape index (κ3) is 4.69. The van der Waals surface area contributed by atoms with Crippen molar-refractivity contribution in [2.24, 2.45) is 0 Å². The molecule has 0 saturated carbocycles. The summed E-state index contributed by atoms with van der Waals surface area (Å²) in [5.41, 5.74) is 10.0. The Morgan fingerprint density at radius 2 is 0.947 bits per heavy atom. The fraction of sp³-hybridized carbons (Fsp3) is 0.353. The lowest BCUT2D eigenvalue weighted by atomic mass is 9.88. The molecule has 198 valence electrons. The molecule has 0 N–H and O–H groups in total. The Bertz CT molecular complexity index is 1300. The van der Waals surface area contributed by atoms with Crippen molar-refractivity contribution in [1.82, 2.24) is 0 Å². The molecule has 2 heterocycles. The van der Waals surface area contributed by atoms with E-state index in [2.05, 4.69) is 124 Å². The zero-order chi connectivity index (χ0) is 27.2. The van der Waals surface area contributed by atoms with Crippen LogP contribution in [0, 0.1) is 0 Å². The number of hydrogen-bond donors (Lipinski definition) is 0. The monoisotopic (exact) mass is 508 g/mol. The first-order chi connectivity index (χ1) is 18.0. The van der Waals surface area contributed by atoms with Crippen LogP contribution in [0.5, 0.6) is 11.5 Å². The van der Waals surface area contributed by atoms with E-state index < -0.39 is 0 Å². The molecule has 0 unspecified atom stereocenters. The summed E-state index contributed by atoms with van der Waals surface area (Å²) in [6.45, 7) is 15.2. The summed E-state index contributed by atoms with van der Waals surface area (Å²) in [4.78, 5) is 4.99. The van der Waals surface area contributed by atoms with Crippen molar-refractivity contribution >= 4 is 22.5 Å². The minimum Gasteiger partial charge on any atom is -0.497 e. The fourth-order valence-corrected chi connectivity index (χ4v) is 6.07. The van der Waals surface area contributed by atoms with E-state index >= 15 is 0 Å². The summed E-state index contributed by atoms with van der Waals surface area (Å²) in [7, 11) is 3.45. The second-order valence-electron chi connectivity index (χ2n) is 11.7. The summed E-state index contributed by atoms with van der Waals surface area (Å²) < 4.78 is 11.0. The predicted molar refractivity (Wildman–Crippen MR) is 160 cm³/mol. The highest BCUT2D eigenvalue weighted by Crippen LogP contribution is 2.43. The summed E-state index contributed by atoms with van der Waals surface area (Å²) in [6, 6.07) is 22.0. The first-order valence-electron chi connectivity index (χ1n) is 13.4. The highest BCUT2D eigenvalue weighted by atomic mass is 16.5. The molecular formula is C34H40N2O2. The fourth-order valence-electron chi connectivity index (χ4n) is 6.07. The first-order valence-corrected chi connectivity index (χ1v) is 13.4. The molecule has 4 heteroatoms. The average Bonchev–Trinajstić information content (AvgIpc) is 2.88. The van der Waals surface area contributed by atoms with Gasteiger partial charge in [0.25, 0.3) is 0 Å². The van der Waals surface area contributed by atoms with Crippen molar-refractivity contribution in [2.45, 2.75) is 65.7 Å². The molecule has 0 amide bonds. The van der Waals surface area contributed by atoms with E-state index in [1.165, 1.54) is 44.8 Å². The van der Waals surface area contributed by atoms with Crippen molar-refractivity contribution in [3.63, 3.8) is 0 Å². The lowest BCUT2D eigenvalue weighted by Crippen LogP contribution is -2.44. The van der Waals surface area contributed by atoms with Crippen LogP contribution in [0.1, 0.15) is 63.8 Å². The topological polar surface area (TPSA) is 24.9 Å². The normalized spacial score (nSPS) is 17.3. The third-order valence-corrected chi connectivity index (χ3v) is 8.07. The van der Waals surface area contributed by atoms with Gasteiger partial charge in [0.1, 0.15) is 11.5 Å². The zero-order valence-electron chi connectivity index (χ0n) is 24.1. The smallest absolute Gasteiger partial charge is 0.119 e. The van der Waals surface area contributed by atoms with Gasteiger partial charge in [-0.25, -0.2) is 0 Å². The van der Waals surface area contributed by atoms with Crippen LogP contribution >= 0.6 is 0 Å². The number of methoxy groups -OCH3 is 2. The standard InChI is InChI=1S/C34H40N2O2/c1-23-19-33(3,4)35(31-15-13-27(37-7)17-29(23)31)21-25-9-11-26(12-10-25)22-36-32-16-14-28(38-8)18-30(32)24(2)20-34(36,5)6/h9-20H,21-22H2,1-8H3. The van der Waals surface area contributed by atoms with E-state index in [1.807, 2.05) is 0 Å². The second-order valence-corrected chi connectivity index (χ2v) is 11.7. The Kier molecular flexibility index (Phi) is 6.54. The number of anilines is 2. The number of allylic oxidation sites excluding steroid dienone is 2. The van der Waals surface area contributed by atoms with Crippen LogP contribution < -0.4 is 19.3 Å². The van der Waals surface area contributed by atoms with Gasteiger partial charge in [-0.15, -0.1) is 0 Å². The van der Waals surface area contributed by atoms with Gasteiger partial charge in [-0.2, -0.15) is 0 Å². The van der Waals surface area contributed by atoms with Gasteiger partial charge in [-0.3, -0.25) is 0 Å². The molecule has 4 nitrogen and oxygen atoms in total. The number of ether oxygens (including phenoxy) is 2. The molecule has 3 aromatic carbocycles. The molecular weight excluding hydrogens is 468 g/mol. The Hall–Kier alpha value is -3.66. The Morgan fingerprint density at radius 3 is 1.29 bits per heavy atom. The van der Waals surface area contributed by atoms with Gasteiger partial charge in [0, 0.05) is 35.6 Å². The van der Waals surface area contributed by atoms with Crippen molar-refractivity contribution in [3.05, 3.63) is 95.1 Å². The van der Waals surface area contributed by atoms with Gasteiger partial charge in [-0.05, 0) is 100 Å². The molecule has 38 heavy (non-hydrogen) atoms. The summed E-state index contributed by atoms with van der Waals surface area (Å²) in [5, 5.41) is 0. The number of rotatable bonds is 6. The molecule has 0 bridgehead atoms. The maximum Gasteiger partial charge on any atom is 0.119 e. The molecule has 0 aliphatic carbocycles. The van der Waals surface area contributed by atoms with Gasteiger partial charge < -0.3 is 19.3 Å². The average molecular weight is 509 g/mol. The molecule has 0 fully saturated rings. The highest BCUT2D eigenvalue weighted by Gasteiger charge is 2.33. The van der Waals surface area contributed by atoms with E-state index in [-0.39, 0.29) is 11.1 Å². The molecule has 2 aliphatic rings. The van der Waals surface area contributed by atoms with Gasteiger partial charge >= 0.3 is 0 Å². The molecule has 0 radical (unpaired) electrons. The van der Waals surface area contributed by atoms with Crippen LogP contribution in [0.3, 0.4) is 0 Å². The van der Waals surface area contributed by atoms with Gasteiger partial charge in [0.05, 0.1) is 25.3 Å². The van der Waals surface area contributed by atoms with Crippen LogP contribution in [-0.2, 0) is 13.1 Å². The minimum absolute atomic E-state index is 0.0862. The Morgan fingerprint density at radius 1 is 0.579 bits per heavy atom. The van der Waals surface area contributed by atoms with Gasteiger partial charge in [0.15, 0.2) is 0 Å². The summed E-state index contributed by atoms with van der Waals surface area (Å²) in [5.74, 6) is 1.79. The van der Waals surface area contributed by atoms with E-state index in [1.54, 1.807) is 14.2 Å². The first kappa shape index (κ1) is 26.0. The van der Waals surface area contributed by atoms with E-state index in [4.69, 9.17) is 9.47 Å². The van der Waals surface area contributed by atoms with Crippen molar-refractivity contribution in [1.29, 1.82) is 0 Å². The van der Waals surface area contributed by atoms with Crippen LogP contribution in [0.4, 0.5) is 11.4 Å². The number of hydrogen-bond acceptors (Lipinski definition) is 4. The van der Waals surface area contributed by atoms with Crippen LogP contribution in [0.2, 0.25) is 0 Å². The summed E-state index contributed by atoms with van der Waals surface area (Å²) in [6.07, 6.45) is 4.73. The highest BCUT2D eigenvalue weighted by molar-refractivity contribution is 5.83. The quantitative estimate of drug-likeness (QED) is 0.336. The van der Waals surface area contributed by atoms with Gasteiger partial charge in [0.2, 0.25) is 0 Å². The molecule has 0 saturated heterocycles. The largest absolute Gasteiger partial charge is 0.497 e. The zero-order valence-corrected chi connectivity index (χ0v) is 24.1. The number of nitrogens with zero attached hydrogens (tertiary/aromatic N) is 2. The molecule has 0 atom stereocenters. The maximum atomic E-state index is 5.50. The van der Waals surface area contributed by atoms with Gasteiger partial charge in [-0.1, -0.05) is 36.4 Å². The number of benzene rings is 3. The second kappa shape index (κ2) is 9.58. The Labute approximate surface area is 228 Å². The van der Waals surface area contributed by atoms with Crippen molar-refractivity contribution < 1.29 is 9.47 Å². The molecule has 2 aliphatic heterocycles. The molecule has 0 aromatic heterocycles. The molecule has 0 spiro atoms. The maximum absolute atomic E-state index is 5.50. The van der Waals surface area contributed by atoms with Crippen molar-refractivity contribution in [2.75, 3.05) is 24.0 Å². The molecule has 3 aromatic rings. The lowest BCUT2D eigenvalue weighted by Gasteiger charge is -2.44. The Balaban J connectivity index is 1.40. The minimum atomic E-state index is -0.0862. The number of fused-ring (bicyclic) bond motifs is 2. The van der Waals surface area contributed by atoms with E-state index in [0.29, 0.717) is 0 Å². The van der Waals surface area contributed by atoms with Crippen LogP contribution in [-0.4, -0.2) is 25.3 Å². The van der Waals surface area contributed by atoms with Crippen LogP contribution in [0.15, 0.2) is 72.8 Å². The van der Waals surface area contributed by atoms with Crippen LogP contribution in [0.25, 0.3) is 11.1 Å². The SMILES string of the molecule is COc1ccc2c(c1)C(C)=CC(C)(C)N2Cc1ccc(CN2c3ccc(OC)cc3C(C)=CC2(C)C)cc1. The molecule has 5 rings (SSSR count). The predicted octanol–water partition coefficient (Wildman–Crippen LogP) is 8.11. The van der Waals surface area contributed by atoms with E-state index in [0.717, 1.165) is 24.6 Å².